The molecule has 41 heavy (non-hydrogen) atoms. The van der Waals surface area contributed by atoms with Gasteiger partial charge >= 0.3 is 23.8 Å². The van der Waals surface area contributed by atoms with E-state index in [1.54, 1.807) is 19.1 Å². The first-order valence-electron chi connectivity index (χ1n) is 13.0. The van der Waals surface area contributed by atoms with E-state index in [9.17, 15) is 32.7 Å². The van der Waals surface area contributed by atoms with E-state index in [0.29, 0.717) is 16.9 Å². The van der Waals surface area contributed by atoms with E-state index in [1.165, 1.54) is 38.1 Å². The fourth-order valence-corrected chi connectivity index (χ4v) is 4.86. The van der Waals surface area contributed by atoms with Crippen LogP contribution in [0.4, 0.5) is 13.2 Å². The Kier molecular flexibility index (Phi) is 9.47. The lowest BCUT2D eigenvalue weighted by atomic mass is 9.87. The maximum atomic E-state index is 14.3. The summed E-state index contributed by atoms with van der Waals surface area (Å²) in [5.74, 6) is -3.01. The number of ether oxygens (including phenoxy) is 1. The number of carboxylic acids is 1. The Hall–Kier alpha value is -3.54. The van der Waals surface area contributed by atoms with Crippen molar-refractivity contribution in [1.82, 2.24) is 14.3 Å². The maximum absolute atomic E-state index is 14.3. The number of carbonyl (C=O) groups excluding carboxylic acids is 1. The molecule has 1 atom stereocenters. The molecule has 3 rings (SSSR count). The molecule has 0 saturated carbocycles. The quantitative estimate of drug-likeness (QED) is 0.220. The summed E-state index contributed by atoms with van der Waals surface area (Å²) < 4.78 is 48.4. The smallest absolute Gasteiger partial charge is 0.433 e. The van der Waals surface area contributed by atoms with E-state index in [2.05, 4.69) is 25.9 Å². The van der Waals surface area contributed by atoms with Crippen LogP contribution in [0.5, 0.6) is 0 Å². The average molecular weight is 594 g/mol. The molecule has 0 aliphatic heterocycles. The lowest BCUT2D eigenvalue weighted by Crippen LogP contribution is -2.31. The third kappa shape index (κ3) is 7.81. The van der Waals surface area contributed by atoms with Gasteiger partial charge in [0.2, 0.25) is 0 Å². The van der Waals surface area contributed by atoms with E-state index in [1.807, 2.05) is 12.1 Å². The number of aromatic nitrogens is 3. The molecule has 3 aromatic rings. The van der Waals surface area contributed by atoms with Gasteiger partial charge in [-0.15, -0.1) is 11.8 Å². The number of aliphatic carboxylic acids is 1. The third-order valence-corrected chi connectivity index (χ3v) is 7.48. The summed E-state index contributed by atoms with van der Waals surface area (Å²) in [5, 5.41) is 13.3. The predicted octanol–water partition coefficient (Wildman–Crippen LogP) is 6.22. The van der Waals surface area contributed by atoms with Crippen molar-refractivity contribution in [2.75, 3.05) is 0 Å². The molecule has 0 saturated heterocycles. The van der Waals surface area contributed by atoms with Gasteiger partial charge in [-0.1, -0.05) is 52.0 Å². The molecule has 0 fully saturated rings. The fourth-order valence-electron chi connectivity index (χ4n) is 3.91. The van der Waals surface area contributed by atoms with Crippen molar-refractivity contribution in [3.63, 3.8) is 0 Å². The zero-order valence-corrected chi connectivity index (χ0v) is 24.6. The first kappa shape index (κ1) is 32.0. The van der Waals surface area contributed by atoms with Crippen LogP contribution in [-0.4, -0.2) is 42.3 Å². The van der Waals surface area contributed by atoms with Gasteiger partial charge in [0, 0.05) is 11.4 Å². The number of hydrogen-bond donors (Lipinski definition) is 1. The van der Waals surface area contributed by atoms with Crippen LogP contribution in [0.25, 0.3) is 0 Å². The van der Waals surface area contributed by atoms with Crippen molar-refractivity contribution >= 4 is 23.7 Å². The Labute approximate surface area is 240 Å². The summed E-state index contributed by atoms with van der Waals surface area (Å²) in [6.07, 6.45) is -7.48. The molecule has 0 aliphatic carbocycles. The Morgan fingerprint density at radius 2 is 1.59 bits per heavy atom. The minimum Gasteiger partial charge on any atom is -0.480 e. The lowest BCUT2D eigenvalue weighted by molar-refractivity contribution is -0.210. The van der Waals surface area contributed by atoms with Gasteiger partial charge in [0.15, 0.2) is 5.82 Å². The van der Waals surface area contributed by atoms with Crippen LogP contribution in [0.2, 0.25) is 0 Å². The minimum atomic E-state index is -5.05. The van der Waals surface area contributed by atoms with Gasteiger partial charge in [0.1, 0.15) is 4.75 Å². The van der Waals surface area contributed by atoms with Gasteiger partial charge in [0.05, 0.1) is 12.1 Å². The molecule has 1 N–H and O–H groups in total. The summed E-state index contributed by atoms with van der Waals surface area (Å²) in [7, 11) is 0. The number of benzene rings is 2. The monoisotopic (exact) mass is 593 g/mol. The van der Waals surface area contributed by atoms with Crippen molar-refractivity contribution in [2.45, 2.75) is 88.4 Å². The number of halogens is 3. The maximum Gasteiger partial charge on any atom is 0.433 e. The van der Waals surface area contributed by atoms with E-state index in [-0.39, 0.29) is 24.1 Å². The molecule has 222 valence electrons. The van der Waals surface area contributed by atoms with Crippen molar-refractivity contribution in [3.05, 3.63) is 81.5 Å². The second kappa shape index (κ2) is 12.1. The Balaban J connectivity index is 1.91. The molecule has 0 bridgehead atoms. The van der Waals surface area contributed by atoms with Crippen molar-refractivity contribution in [2.24, 2.45) is 0 Å². The van der Waals surface area contributed by atoms with Crippen LogP contribution in [-0.2, 0) is 28.0 Å². The summed E-state index contributed by atoms with van der Waals surface area (Å²) >= 11 is 1.02. The zero-order chi connectivity index (χ0) is 30.8. The number of carboxylic acid groups (broad SMARTS) is 1. The summed E-state index contributed by atoms with van der Waals surface area (Å²) in [6, 6.07) is 12.8. The van der Waals surface area contributed by atoms with Gasteiger partial charge in [0.25, 0.3) is 6.10 Å². The molecule has 8 nitrogen and oxygen atoms in total. The van der Waals surface area contributed by atoms with E-state index >= 15 is 0 Å². The number of carbonyl (C=O) groups is 2. The van der Waals surface area contributed by atoms with Crippen LogP contribution >= 0.6 is 11.8 Å². The van der Waals surface area contributed by atoms with Crippen molar-refractivity contribution in [3.8, 4) is 0 Å². The molecule has 0 spiro atoms. The third-order valence-electron chi connectivity index (χ3n) is 6.29. The van der Waals surface area contributed by atoms with Gasteiger partial charge in [-0.3, -0.25) is 9.36 Å². The largest absolute Gasteiger partial charge is 0.480 e. The molecular formula is C29H34F3N3O5S. The van der Waals surface area contributed by atoms with Crippen LogP contribution in [0.15, 0.2) is 58.2 Å². The SMILES string of the molecule is CCCn1c(C(OC(=O)c2ccc(SC(C)(C)C(=O)O)cc2)C(F)(F)F)nn(Cc2ccc(C(C)(C)C)cc2)c1=O. The minimum absolute atomic E-state index is 0.0491. The normalized spacial score (nSPS) is 13.2. The highest BCUT2D eigenvalue weighted by molar-refractivity contribution is 8.01. The molecule has 1 unspecified atom stereocenters. The van der Waals surface area contributed by atoms with E-state index in [4.69, 9.17) is 4.74 Å². The first-order chi connectivity index (χ1) is 18.9. The van der Waals surface area contributed by atoms with Crippen LogP contribution < -0.4 is 5.69 Å². The van der Waals surface area contributed by atoms with Gasteiger partial charge < -0.3 is 9.84 Å². The highest BCUT2D eigenvalue weighted by Crippen LogP contribution is 2.36. The second-order valence-electron chi connectivity index (χ2n) is 11.2. The van der Waals surface area contributed by atoms with E-state index < -0.39 is 40.5 Å². The molecule has 1 aromatic heterocycles. The standard InChI is InChI=1S/C29H34F3N3O5S/c1-7-16-34-23(33-35(26(34)39)17-18-8-12-20(13-9-18)27(2,3)4)22(29(30,31)32)40-24(36)19-10-14-21(15-11-19)41-28(5,6)25(37)38/h8-15,22H,7,16-17H2,1-6H3,(H,37,38). The van der Waals surface area contributed by atoms with Gasteiger partial charge in [-0.2, -0.15) is 18.3 Å². The lowest BCUT2D eigenvalue weighted by Gasteiger charge is -2.21. The topological polar surface area (TPSA) is 103 Å². The number of alkyl halides is 3. The number of esters is 1. The molecule has 1 heterocycles. The molecule has 0 amide bonds. The first-order valence-corrected chi connectivity index (χ1v) is 13.8. The predicted molar refractivity (Wildman–Crippen MR) is 149 cm³/mol. The Morgan fingerprint density at radius 3 is 2.07 bits per heavy atom. The van der Waals surface area contributed by atoms with Gasteiger partial charge in [-0.25, -0.2) is 14.3 Å². The van der Waals surface area contributed by atoms with Crippen LogP contribution in [0.3, 0.4) is 0 Å². The number of thioether (sulfide) groups is 1. The summed E-state index contributed by atoms with van der Waals surface area (Å²) in [5.41, 5.74) is 0.738. The average Bonchev–Trinajstić information content (AvgIpc) is 3.16. The van der Waals surface area contributed by atoms with Crippen LogP contribution in [0.1, 0.15) is 81.4 Å². The zero-order valence-electron chi connectivity index (χ0n) is 23.8. The number of hydrogen-bond acceptors (Lipinski definition) is 6. The molecular weight excluding hydrogens is 559 g/mol. The second-order valence-corrected chi connectivity index (χ2v) is 12.9. The summed E-state index contributed by atoms with van der Waals surface area (Å²) in [6.45, 7) is 10.8. The molecule has 0 radical (unpaired) electrons. The van der Waals surface area contributed by atoms with Crippen molar-refractivity contribution < 1.29 is 32.6 Å². The fraction of sp³-hybridized carbons (Fsp3) is 0.448. The summed E-state index contributed by atoms with van der Waals surface area (Å²) in [4.78, 5) is 37.8. The Bertz CT molecular complexity index is 1440. The van der Waals surface area contributed by atoms with Crippen LogP contribution in [0, 0.1) is 0 Å². The number of rotatable bonds is 10. The highest BCUT2D eigenvalue weighted by atomic mass is 32.2. The molecule has 12 heteroatoms. The Morgan fingerprint density at radius 1 is 1.00 bits per heavy atom. The molecule has 2 aromatic carbocycles. The highest BCUT2D eigenvalue weighted by Gasteiger charge is 2.48. The van der Waals surface area contributed by atoms with Gasteiger partial charge in [-0.05, 0) is 61.1 Å². The number of nitrogens with zero attached hydrogens (tertiary/aromatic N) is 3. The van der Waals surface area contributed by atoms with E-state index in [0.717, 1.165) is 26.6 Å². The molecule has 0 aliphatic rings. The van der Waals surface area contributed by atoms with Crippen molar-refractivity contribution in [1.29, 1.82) is 0 Å².